The highest BCUT2D eigenvalue weighted by atomic mass is 16.3. The van der Waals surface area contributed by atoms with Crippen molar-refractivity contribution in [2.45, 2.75) is 19.3 Å². The number of rotatable bonds is 2. The molecule has 0 saturated carbocycles. The van der Waals surface area contributed by atoms with Crippen molar-refractivity contribution in [2.24, 2.45) is 0 Å². The van der Waals surface area contributed by atoms with Crippen LogP contribution in [0.25, 0.3) is 109 Å². The second-order valence-corrected chi connectivity index (χ2v) is 15.3. The molecule has 248 valence electrons. The van der Waals surface area contributed by atoms with Crippen LogP contribution in [0.1, 0.15) is 25.0 Å². The summed E-state index contributed by atoms with van der Waals surface area (Å²) in [5, 5.41) is 12.3. The summed E-state index contributed by atoms with van der Waals surface area (Å²) in [4.78, 5) is 3.68. The lowest BCUT2D eigenvalue weighted by Gasteiger charge is -2.23. The summed E-state index contributed by atoms with van der Waals surface area (Å²) in [6.45, 7) is 4.75. The van der Waals surface area contributed by atoms with E-state index < -0.39 is 0 Å². The number of H-pyrrole nitrogens is 1. The number of hydrogen-bond donors (Lipinski definition) is 1. The Balaban J connectivity index is 1.10. The summed E-state index contributed by atoms with van der Waals surface area (Å²) >= 11 is 0. The van der Waals surface area contributed by atoms with Gasteiger partial charge in [-0.25, -0.2) is 0 Å². The minimum Gasteiger partial charge on any atom is -0.455 e. The number of benzene rings is 9. The van der Waals surface area contributed by atoms with Crippen molar-refractivity contribution >= 4 is 76.1 Å². The van der Waals surface area contributed by atoms with E-state index >= 15 is 0 Å². The van der Waals surface area contributed by atoms with Crippen molar-refractivity contribution in [1.82, 2.24) is 4.98 Å². The third kappa shape index (κ3) is 3.82. The zero-order chi connectivity index (χ0) is 35.0. The molecule has 2 heterocycles. The highest BCUT2D eigenvalue weighted by Gasteiger charge is 2.38. The fraction of sp³-hybridized carbons (Fsp3) is 0.0588. The number of hydrogen-bond acceptors (Lipinski definition) is 1. The molecule has 0 radical (unpaired) electrons. The Morgan fingerprint density at radius 1 is 0.453 bits per heavy atom. The van der Waals surface area contributed by atoms with Gasteiger partial charge in [0.1, 0.15) is 11.2 Å². The number of aromatic amines is 1. The largest absolute Gasteiger partial charge is 0.455 e. The molecule has 12 rings (SSSR count). The number of nitrogens with one attached hydrogen (secondary N) is 1. The zero-order valence-electron chi connectivity index (χ0n) is 29.4. The fourth-order valence-electron chi connectivity index (χ4n) is 9.83. The second kappa shape index (κ2) is 10.2. The molecule has 11 aromatic rings. The lowest BCUT2D eigenvalue weighted by atomic mass is 9.80. The molecule has 0 fully saturated rings. The van der Waals surface area contributed by atoms with Gasteiger partial charge >= 0.3 is 0 Å². The van der Waals surface area contributed by atoms with Crippen LogP contribution in [-0.4, -0.2) is 4.98 Å². The maximum absolute atomic E-state index is 6.66. The third-order valence-electron chi connectivity index (χ3n) is 12.2. The minimum atomic E-state index is -0.194. The van der Waals surface area contributed by atoms with E-state index in [-0.39, 0.29) is 5.41 Å². The van der Waals surface area contributed by atoms with Gasteiger partial charge in [-0.15, -0.1) is 0 Å². The molecular weight excluding hydrogens is 643 g/mol. The quantitative estimate of drug-likeness (QED) is 0.182. The molecule has 2 aromatic heterocycles. The Hall–Kier alpha value is -6.64. The number of fused-ring (bicyclic) bond motifs is 14. The maximum Gasteiger partial charge on any atom is 0.143 e. The monoisotopic (exact) mass is 675 g/mol. The van der Waals surface area contributed by atoms with E-state index in [9.17, 15) is 0 Å². The van der Waals surface area contributed by atoms with Crippen LogP contribution in [0.3, 0.4) is 0 Å². The van der Waals surface area contributed by atoms with Crippen LogP contribution >= 0.6 is 0 Å². The molecule has 1 aliphatic carbocycles. The van der Waals surface area contributed by atoms with E-state index in [4.69, 9.17) is 4.42 Å². The van der Waals surface area contributed by atoms with Gasteiger partial charge in [-0.2, -0.15) is 0 Å². The molecule has 0 amide bonds. The number of furan rings is 1. The smallest absolute Gasteiger partial charge is 0.143 e. The van der Waals surface area contributed by atoms with Gasteiger partial charge in [-0.1, -0.05) is 141 Å². The van der Waals surface area contributed by atoms with Crippen LogP contribution in [0, 0.1) is 0 Å². The molecule has 2 nitrogen and oxygen atoms in total. The Kier molecular flexibility index (Phi) is 5.60. The Morgan fingerprint density at radius 2 is 1.04 bits per heavy atom. The fourth-order valence-corrected chi connectivity index (χ4v) is 9.83. The van der Waals surface area contributed by atoms with Gasteiger partial charge in [0.2, 0.25) is 0 Å². The van der Waals surface area contributed by atoms with Crippen LogP contribution in [0.5, 0.6) is 0 Å². The molecule has 0 bridgehead atoms. The molecule has 0 atom stereocenters. The highest BCUT2D eigenvalue weighted by molar-refractivity contribution is 6.23. The van der Waals surface area contributed by atoms with Crippen molar-refractivity contribution in [3.8, 4) is 33.4 Å². The van der Waals surface area contributed by atoms with Crippen LogP contribution < -0.4 is 0 Å². The summed E-state index contributed by atoms with van der Waals surface area (Å²) in [6.07, 6.45) is 0. The van der Waals surface area contributed by atoms with Crippen molar-refractivity contribution < 1.29 is 4.42 Å². The first-order valence-electron chi connectivity index (χ1n) is 18.5. The lowest BCUT2D eigenvalue weighted by molar-refractivity contribution is 0.658. The van der Waals surface area contributed by atoms with Gasteiger partial charge in [-0.05, 0) is 102 Å². The molecule has 0 aliphatic heterocycles. The topological polar surface area (TPSA) is 28.9 Å². The highest BCUT2D eigenvalue weighted by Crippen LogP contribution is 2.55. The molecular formula is C51H33NO. The molecule has 0 saturated heterocycles. The van der Waals surface area contributed by atoms with Gasteiger partial charge in [0.15, 0.2) is 0 Å². The third-order valence-corrected chi connectivity index (χ3v) is 12.2. The maximum atomic E-state index is 6.66. The van der Waals surface area contributed by atoms with Gasteiger partial charge in [0, 0.05) is 43.4 Å². The molecule has 9 aromatic carbocycles. The molecule has 0 unspecified atom stereocenters. The average molecular weight is 676 g/mol. The van der Waals surface area contributed by atoms with Crippen molar-refractivity contribution in [1.29, 1.82) is 0 Å². The van der Waals surface area contributed by atoms with Gasteiger partial charge in [0.25, 0.3) is 0 Å². The van der Waals surface area contributed by atoms with Crippen LogP contribution in [0.15, 0.2) is 162 Å². The van der Waals surface area contributed by atoms with Gasteiger partial charge in [0.05, 0.1) is 0 Å². The van der Waals surface area contributed by atoms with Crippen LogP contribution in [0.2, 0.25) is 0 Å². The first kappa shape index (κ1) is 29.0. The van der Waals surface area contributed by atoms with E-state index in [1.165, 1.54) is 98.5 Å². The van der Waals surface area contributed by atoms with E-state index in [0.717, 1.165) is 22.1 Å². The van der Waals surface area contributed by atoms with E-state index in [2.05, 4.69) is 177 Å². The molecule has 1 N–H and O–H groups in total. The van der Waals surface area contributed by atoms with Crippen molar-refractivity contribution in [3.63, 3.8) is 0 Å². The standard InChI is InChI=1S/C51H33NO/c1-51(2)42-25-21-30(27-41(42)39-24-26-45-48(49(39)51)40-23-19-29-11-3-4-12-32(29)50(40)53-45)46-35-14-5-7-16-37(35)47(38-17-8-6-15-36(38)46)31-20-22-34-33-13-9-10-18-43(33)52-44(34)28-31/h3-28,52H,1-2H3. The summed E-state index contributed by atoms with van der Waals surface area (Å²) in [5.41, 5.74) is 14.4. The van der Waals surface area contributed by atoms with E-state index in [1.54, 1.807) is 0 Å². The molecule has 1 aliphatic rings. The minimum absolute atomic E-state index is 0.194. The summed E-state index contributed by atoms with van der Waals surface area (Å²) < 4.78 is 6.66. The van der Waals surface area contributed by atoms with Crippen LogP contribution in [0.4, 0.5) is 0 Å². The van der Waals surface area contributed by atoms with E-state index in [0.29, 0.717) is 0 Å². The van der Waals surface area contributed by atoms with Crippen molar-refractivity contribution in [3.05, 3.63) is 169 Å². The van der Waals surface area contributed by atoms with Gasteiger partial charge < -0.3 is 9.40 Å². The first-order chi connectivity index (χ1) is 26.0. The summed E-state index contributed by atoms with van der Waals surface area (Å²) in [6, 6.07) is 58.1. The second-order valence-electron chi connectivity index (χ2n) is 15.3. The van der Waals surface area contributed by atoms with Crippen molar-refractivity contribution in [2.75, 3.05) is 0 Å². The average Bonchev–Trinajstić information content (AvgIpc) is 3.84. The normalized spacial score (nSPS) is 13.6. The molecule has 53 heavy (non-hydrogen) atoms. The Bertz CT molecular complexity index is 3320. The predicted molar refractivity (Wildman–Crippen MR) is 224 cm³/mol. The number of para-hydroxylation sites is 1. The number of aromatic nitrogens is 1. The Morgan fingerprint density at radius 3 is 1.77 bits per heavy atom. The summed E-state index contributed by atoms with van der Waals surface area (Å²) in [5.74, 6) is 0. The SMILES string of the molecule is CC1(C)c2ccc(-c3c4ccccc4c(-c4ccc5c(c4)[nH]c4ccccc45)c4ccccc34)cc2-c2ccc3oc4c5ccccc5ccc4c3c21. The lowest BCUT2D eigenvalue weighted by Crippen LogP contribution is -2.15. The van der Waals surface area contributed by atoms with E-state index in [1.807, 2.05) is 0 Å². The van der Waals surface area contributed by atoms with Crippen LogP contribution in [-0.2, 0) is 5.41 Å². The van der Waals surface area contributed by atoms with Gasteiger partial charge in [-0.3, -0.25) is 0 Å². The first-order valence-corrected chi connectivity index (χ1v) is 18.5. The summed E-state index contributed by atoms with van der Waals surface area (Å²) in [7, 11) is 0. The molecule has 2 heteroatoms. The predicted octanol–water partition coefficient (Wildman–Crippen LogP) is 14.3. The Labute approximate surface area is 305 Å². The zero-order valence-corrected chi connectivity index (χ0v) is 29.4. The molecule has 0 spiro atoms.